The topological polar surface area (TPSA) is 115 Å². The number of nitrogens with zero attached hydrogens (tertiary/aromatic N) is 4. The minimum Gasteiger partial charge on any atom is -0.273 e. The standard InChI is InChI=1S/4C5H2F6N2/c4*6-4(7,8)2-1-3(13-12-2)5(9,10)11/h4*1H,(H,12,13). The summed E-state index contributed by atoms with van der Waals surface area (Å²) in [5, 5.41) is 15.0. The van der Waals surface area contributed by atoms with E-state index in [4.69, 9.17) is 0 Å². The maximum Gasteiger partial charge on any atom is 0.435 e. The van der Waals surface area contributed by atoms with Crippen LogP contribution in [0.3, 0.4) is 0 Å². The number of halogens is 24. The number of aromatic amines is 4. The number of aromatic nitrogens is 8. The van der Waals surface area contributed by atoms with Crippen LogP contribution in [0.5, 0.6) is 0 Å². The number of hydrogen-bond acceptors (Lipinski definition) is 4. The van der Waals surface area contributed by atoms with E-state index in [1.807, 2.05) is 0 Å². The molecule has 4 N–H and O–H groups in total. The van der Waals surface area contributed by atoms with Gasteiger partial charge in [0.2, 0.25) is 0 Å². The Hall–Kier alpha value is -4.84. The van der Waals surface area contributed by atoms with Crippen molar-refractivity contribution in [3.05, 3.63) is 69.8 Å². The van der Waals surface area contributed by atoms with Gasteiger partial charge in [0, 0.05) is 24.3 Å². The third-order valence-corrected chi connectivity index (χ3v) is 4.69. The highest BCUT2D eigenvalue weighted by Gasteiger charge is 2.42. The molecule has 4 aromatic heterocycles. The molecule has 4 aromatic rings. The second kappa shape index (κ2) is 15.0. The van der Waals surface area contributed by atoms with Gasteiger partial charge < -0.3 is 0 Å². The molecule has 0 radical (unpaired) electrons. The summed E-state index contributed by atoms with van der Waals surface area (Å²) in [4.78, 5) is 0. The highest BCUT2D eigenvalue weighted by molar-refractivity contribution is 5.16. The quantitative estimate of drug-likeness (QED) is 0.132. The SMILES string of the molecule is FC(F)(F)c1cc(C(F)(F)F)[nH]n1.FC(F)(F)c1cc(C(F)(F)F)[nH]n1.FC(F)(F)c1cc(C(F)(F)F)[nH]n1.FC(F)(F)c1cc(C(F)(F)F)[nH]n1. The second-order valence-corrected chi connectivity index (χ2v) is 8.65. The first-order valence-corrected chi connectivity index (χ1v) is 11.6. The predicted octanol–water partition coefficient (Wildman–Crippen LogP) is 9.79. The van der Waals surface area contributed by atoms with E-state index < -0.39 is 95.0 Å². The van der Waals surface area contributed by atoms with Crippen LogP contribution in [0.25, 0.3) is 0 Å². The molecule has 4 heterocycles. The van der Waals surface area contributed by atoms with Gasteiger partial charge in [-0.1, -0.05) is 0 Å². The fraction of sp³-hybridized carbons (Fsp3) is 0.400. The van der Waals surface area contributed by atoms with Gasteiger partial charge in [0.15, 0.2) is 22.8 Å². The molecule has 0 bridgehead atoms. The van der Waals surface area contributed by atoms with E-state index in [0.717, 1.165) is 0 Å². The van der Waals surface area contributed by atoms with Crippen molar-refractivity contribution < 1.29 is 105 Å². The normalized spacial score (nSPS) is 13.4. The van der Waals surface area contributed by atoms with Crippen molar-refractivity contribution in [2.75, 3.05) is 0 Å². The molecule has 4 rings (SSSR count). The number of H-pyrrole nitrogens is 4. The number of alkyl halides is 24. The lowest BCUT2D eigenvalue weighted by molar-refractivity contribution is -0.144. The predicted molar refractivity (Wildman–Crippen MR) is 114 cm³/mol. The molecule has 52 heavy (non-hydrogen) atoms. The van der Waals surface area contributed by atoms with Gasteiger partial charge in [-0.3, -0.25) is 20.4 Å². The van der Waals surface area contributed by atoms with Gasteiger partial charge in [-0.2, -0.15) is 126 Å². The monoisotopic (exact) mass is 816 g/mol. The van der Waals surface area contributed by atoms with Crippen molar-refractivity contribution >= 4 is 0 Å². The summed E-state index contributed by atoms with van der Waals surface area (Å²) >= 11 is 0. The highest BCUT2D eigenvalue weighted by atomic mass is 19.4. The van der Waals surface area contributed by atoms with Crippen LogP contribution in [0.4, 0.5) is 105 Å². The van der Waals surface area contributed by atoms with Crippen molar-refractivity contribution in [3.8, 4) is 0 Å². The van der Waals surface area contributed by atoms with E-state index in [1.165, 1.54) is 20.4 Å². The van der Waals surface area contributed by atoms with Crippen LogP contribution in [0.1, 0.15) is 45.6 Å². The fourth-order valence-corrected chi connectivity index (χ4v) is 2.45. The molecule has 0 aliphatic carbocycles. The van der Waals surface area contributed by atoms with Crippen LogP contribution < -0.4 is 0 Å². The summed E-state index contributed by atoms with van der Waals surface area (Å²) in [5.41, 5.74) is -12.4. The van der Waals surface area contributed by atoms with Crippen LogP contribution in [-0.4, -0.2) is 40.8 Å². The Kier molecular flexibility index (Phi) is 13.1. The van der Waals surface area contributed by atoms with Gasteiger partial charge in [0.1, 0.15) is 22.8 Å². The Labute approximate surface area is 266 Å². The summed E-state index contributed by atoms with van der Waals surface area (Å²) in [6.07, 6.45) is -38.8. The first-order valence-electron chi connectivity index (χ1n) is 11.6. The zero-order valence-corrected chi connectivity index (χ0v) is 23.2. The smallest absolute Gasteiger partial charge is 0.273 e. The van der Waals surface area contributed by atoms with Crippen molar-refractivity contribution in [1.29, 1.82) is 0 Å². The molecule has 0 aromatic carbocycles. The number of nitrogens with one attached hydrogen (secondary N) is 4. The molecule has 0 unspecified atom stereocenters. The number of rotatable bonds is 0. The molecule has 0 spiro atoms. The van der Waals surface area contributed by atoms with Crippen molar-refractivity contribution in [3.63, 3.8) is 0 Å². The molecule has 0 fully saturated rings. The molecule has 0 saturated heterocycles. The molecular weight excluding hydrogens is 808 g/mol. The van der Waals surface area contributed by atoms with Gasteiger partial charge in [-0.25, -0.2) is 0 Å². The zero-order valence-electron chi connectivity index (χ0n) is 23.2. The third kappa shape index (κ3) is 14.1. The second-order valence-electron chi connectivity index (χ2n) is 8.65. The lowest BCUT2D eigenvalue weighted by Crippen LogP contribution is -2.06. The minimum atomic E-state index is -4.86. The Morgan fingerprint density at radius 2 is 0.385 bits per heavy atom. The van der Waals surface area contributed by atoms with Crippen molar-refractivity contribution in [2.45, 2.75) is 49.4 Å². The van der Waals surface area contributed by atoms with E-state index in [2.05, 4.69) is 20.4 Å². The highest BCUT2D eigenvalue weighted by Crippen LogP contribution is 2.36. The maximum atomic E-state index is 11.8. The summed E-state index contributed by atoms with van der Waals surface area (Å²) < 4.78 is 282. The van der Waals surface area contributed by atoms with E-state index in [9.17, 15) is 105 Å². The van der Waals surface area contributed by atoms with Crippen LogP contribution in [0.2, 0.25) is 0 Å². The Bertz CT molecular complexity index is 1310. The molecule has 0 saturated carbocycles. The van der Waals surface area contributed by atoms with Crippen LogP contribution >= 0.6 is 0 Å². The van der Waals surface area contributed by atoms with Crippen molar-refractivity contribution in [2.24, 2.45) is 0 Å². The van der Waals surface area contributed by atoms with Gasteiger partial charge in [0.25, 0.3) is 0 Å². The Morgan fingerprint density at radius 1 is 0.250 bits per heavy atom. The molecule has 8 nitrogen and oxygen atoms in total. The van der Waals surface area contributed by atoms with E-state index in [-0.39, 0.29) is 24.3 Å². The van der Waals surface area contributed by atoms with E-state index in [1.54, 1.807) is 0 Å². The first-order chi connectivity index (χ1) is 22.8. The maximum absolute atomic E-state index is 11.8. The Morgan fingerprint density at radius 3 is 0.442 bits per heavy atom. The van der Waals surface area contributed by atoms with Gasteiger partial charge in [-0.05, 0) is 0 Å². The van der Waals surface area contributed by atoms with Crippen LogP contribution in [0.15, 0.2) is 24.3 Å². The zero-order chi connectivity index (χ0) is 41.1. The van der Waals surface area contributed by atoms with Gasteiger partial charge >= 0.3 is 49.4 Å². The summed E-state index contributed by atoms with van der Waals surface area (Å²) in [6, 6.07) is -0.333. The largest absolute Gasteiger partial charge is 0.435 e. The van der Waals surface area contributed by atoms with Crippen LogP contribution in [0, 0.1) is 0 Å². The van der Waals surface area contributed by atoms with E-state index >= 15 is 0 Å². The van der Waals surface area contributed by atoms with E-state index in [0.29, 0.717) is 0 Å². The van der Waals surface area contributed by atoms with Crippen LogP contribution in [-0.2, 0) is 49.4 Å². The molecule has 0 amide bonds. The molecule has 32 heteroatoms. The lowest BCUT2D eigenvalue weighted by atomic mass is 10.3. The Balaban J connectivity index is 0.000000347. The summed E-state index contributed by atoms with van der Waals surface area (Å²) in [5.74, 6) is 0. The number of hydrogen-bond donors (Lipinski definition) is 4. The van der Waals surface area contributed by atoms with Gasteiger partial charge in [-0.15, -0.1) is 0 Å². The average Bonchev–Trinajstić information content (AvgIpc) is 3.72. The summed E-state index contributed by atoms with van der Waals surface area (Å²) in [6.45, 7) is 0. The molecule has 0 aliphatic rings. The lowest BCUT2D eigenvalue weighted by Gasteiger charge is -2.00. The molecule has 0 aliphatic heterocycles. The molecule has 0 atom stereocenters. The van der Waals surface area contributed by atoms with Crippen molar-refractivity contribution in [1.82, 2.24) is 40.8 Å². The molecule has 296 valence electrons. The fourth-order valence-electron chi connectivity index (χ4n) is 2.45. The summed E-state index contributed by atoms with van der Waals surface area (Å²) in [7, 11) is 0. The molecular formula is C20H8F24N8. The third-order valence-electron chi connectivity index (χ3n) is 4.69. The minimum absolute atomic E-state index is 0.0833. The average molecular weight is 816 g/mol. The first kappa shape index (κ1) is 45.2. The van der Waals surface area contributed by atoms with Gasteiger partial charge in [0.05, 0.1) is 0 Å².